The second-order valence-corrected chi connectivity index (χ2v) is 9.07. The standard InChI is InChI=1S/C24H26ClN3O2S/c25-19-9-6-17(7-10-19)15-28-23(30)20-11-8-18(14-21(20)27-24(28)31)22(29)26-13-12-16-4-2-1-3-5-16/h1-7,9-10,18,20-21H,8,11-15H2,(H,26,29)(H,27,31). The van der Waals surface area contributed by atoms with Gasteiger partial charge in [0, 0.05) is 23.5 Å². The fourth-order valence-electron chi connectivity index (χ4n) is 4.44. The summed E-state index contributed by atoms with van der Waals surface area (Å²) < 4.78 is 0. The molecule has 162 valence electrons. The maximum atomic E-state index is 13.1. The van der Waals surface area contributed by atoms with Crippen molar-refractivity contribution in [1.29, 1.82) is 0 Å². The molecule has 31 heavy (non-hydrogen) atoms. The van der Waals surface area contributed by atoms with E-state index in [0.717, 1.165) is 12.0 Å². The Labute approximate surface area is 193 Å². The van der Waals surface area contributed by atoms with Crippen molar-refractivity contribution in [2.75, 3.05) is 6.54 Å². The molecule has 2 aromatic carbocycles. The van der Waals surface area contributed by atoms with E-state index in [9.17, 15) is 9.59 Å². The molecule has 7 heteroatoms. The zero-order valence-electron chi connectivity index (χ0n) is 17.2. The maximum absolute atomic E-state index is 13.1. The maximum Gasteiger partial charge on any atom is 0.234 e. The van der Waals surface area contributed by atoms with Crippen LogP contribution in [0.25, 0.3) is 0 Å². The van der Waals surface area contributed by atoms with E-state index < -0.39 is 0 Å². The summed E-state index contributed by atoms with van der Waals surface area (Å²) in [6.07, 6.45) is 2.84. The van der Waals surface area contributed by atoms with Crippen molar-refractivity contribution in [3.05, 3.63) is 70.7 Å². The number of thiocarbonyl (C=S) groups is 1. The molecule has 1 aliphatic carbocycles. The van der Waals surface area contributed by atoms with Gasteiger partial charge < -0.3 is 10.6 Å². The summed E-state index contributed by atoms with van der Waals surface area (Å²) in [5, 5.41) is 7.49. The number of fused-ring (bicyclic) bond motifs is 1. The Morgan fingerprint density at radius 1 is 1.10 bits per heavy atom. The Hall–Kier alpha value is -2.44. The van der Waals surface area contributed by atoms with Gasteiger partial charge in [-0.25, -0.2) is 0 Å². The van der Waals surface area contributed by atoms with Crippen LogP contribution in [0.5, 0.6) is 0 Å². The number of nitrogens with zero attached hydrogens (tertiary/aromatic N) is 1. The minimum absolute atomic E-state index is 0.0478. The van der Waals surface area contributed by atoms with E-state index in [1.807, 2.05) is 42.5 Å². The minimum Gasteiger partial charge on any atom is -0.359 e. The first-order valence-electron chi connectivity index (χ1n) is 10.7. The number of hydrogen-bond acceptors (Lipinski definition) is 3. The van der Waals surface area contributed by atoms with Gasteiger partial charge in [0.25, 0.3) is 0 Å². The molecule has 0 radical (unpaired) electrons. The lowest BCUT2D eigenvalue weighted by atomic mass is 9.76. The SMILES string of the molecule is O=C(NCCc1ccccc1)C1CCC2C(=O)N(Cc3ccc(Cl)cc3)C(=S)NC2C1. The van der Waals surface area contributed by atoms with Crippen LogP contribution in [0.2, 0.25) is 5.02 Å². The van der Waals surface area contributed by atoms with E-state index in [1.54, 1.807) is 4.90 Å². The molecule has 4 rings (SSSR count). The molecule has 2 amide bonds. The number of benzene rings is 2. The second kappa shape index (κ2) is 9.79. The Morgan fingerprint density at radius 2 is 1.84 bits per heavy atom. The lowest BCUT2D eigenvalue weighted by Crippen LogP contribution is -2.61. The average molecular weight is 456 g/mol. The van der Waals surface area contributed by atoms with Gasteiger partial charge in [-0.15, -0.1) is 0 Å². The predicted octanol–water partition coefficient (Wildman–Crippen LogP) is 3.70. The molecule has 1 heterocycles. The van der Waals surface area contributed by atoms with Crippen molar-refractivity contribution in [1.82, 2.24) is 15.5 Å². The minimum atomic E-state index is -0.146. The van der Waals surface area contributed by atoms with Gasteiger partial charge in [-0.3, -0.25) is 14.5 Å². The van der Waals surface area contributed by atoms with E-state index in [0.29, 0.717) is 42.5 Å². The molecule has 3 atom stereocenters. The van der Waals surface area contributed by atoms with Crippen molar-refractivity contribution >= 4 is 40.7 Å². The molecule has 3 unspecified atom stereocenters. The molecule has 2 N–H and O–H groups in total. The van der Waals surface area contributed by atoms with Gasteiger partial charge in [-0.05, 0) is 61.2 Å². The highest BCUT2D eigenvalue weighted by atomic mass is 35.5. The van der Waals surface area contributed by atoms with Crippen LogP contribution >= 0.6 is 23.8 Å². The van der Waals surface area contributed by atoms with E-state index in [4.69, 9.17) is 23.8 Å². The largest absolute Gasteiger partial charge is 0.359 e. The molecule has 5 nitrogen and oxygen atoms in total. The van der Waals surface area contributed by atoms with Crippen LogP contribution in [0.1, 0.15) is 30.4 Å². The normalized spacial score (nSPS) is 23.1. The summed E-state index contributed by atoms with van der Waals surface area (Å²) in [6, 6.07) is 17.5. The first-order valence-corrected chi connectivity index (χ1v) is 11.5. The third-order valence-electron chi connectivity index (χ3n) is 6.17. The Morgan fingerprint density at radius 3 is 2.58 bits per heavy atom. The highest BCUT2D eigenvalue weighted by molar-refractivity contribution is 7.80. The van der Waals surface area contributed by atoms with Crippen LogP contribution in [-0.2, 0) is 22.6 Å². The average Bonchev–Trinajstić information content (AvgIpc) is 2.78. The van der Waals surface area contributed by atoms with Gasteiger partial charge in [0.15, 0.2) is 5.11 Å². The van der Waals surface area contributed by atoms with E-state index >= 15 is 0 Å². The van der Waals surface area contributed by atoms with Crippen LogP contribution in [-0.4, -0.2) is 34.4 Å². The Bertz CT molecular complexity index is 951. The topological polar surface area (TPSA) is 61.4 Å². The Balaban J connectivity index is 1.31. The predicted molar refractivity (Wildman–Crippen MR) is 126 cm³/mol. The molecule has 2 aromatic rings. The molecule has 1 saturated heterocycles. The van der Waals surface area contributed by atoms with E-state index in [-0.39, 0.29) is 29.7 Å². The van der Waals surface area contributed by atoms with Crippen molar-refractivity contribution in [2.45, 2.75) is 38.3 Å². The molecule has 0 bridgehead atoms. The second-order valence-electron chi connectivity index (χ2n) is 8.25. The number of amides is 2. The molecular formula is C24H26ClN3O2S. The van der Waals surface area contributed by atoms with Gasteiger partial charge >= 0.3 is 0 Å². The first-order chi connectivity index (χ1) is 15.0. The zero-order valence-corrected chi connectivity index (χ0v) is 18.8. The zero-order chi connectivity index (χ0) is 21.8. The molecular weight excluding hydrogens is 430 g/mol. The molecule has 1 aliphatic heterocycles. The molecule has 0 spiro atoms. The quantitative estimate of drug-likeness (QED) is 0.652. The van der Waals surface area contributed by atoms with E-state index in [1.165, 1.54) is 5.56 Å². The van der Waals surface area contributed by atoms with Crippen molar-refractivity contribution in [2.24, 2.45) is 11.8 Å². The number of nitrogens with one attached hydrogen (secondary N) is 2. The van der Waals surface area contributed by atoms with Gasteiger partial charge in [0.2, 0.25) is 11.8 Å². The van der Waals surface area contributed by atoms with Gasteiger partial charge in [-0.2, -0.15) is 0 Å². The van der Waals surface area contributed by atoms with Crippen LogP contribution in [0.4, 0.5) is 0 Å². The van der Waals surface area contributed by atoms with Crippen molar-refractivity contribution in [3.63, 3.8) is 0 Å². The third-order valence-corrected chi connectivity index (χ3v) is 6.76. The van der Waals surface area contributed by atoms with Crippen molar-refractivity contribution in [3.8, 4) is 0 Å². The summed E-state index contributed by atoms with van der Waals surface area (Å²) in [5.74, 6) is -0.125. The lowest BCUT2D eigenvalue weighted by molar-refractivity contribution is -0.138. The molecule has 2 aliphatic rings. The fraction of sp³-hybridized carbons (Fsp3) is 0.375. The summed E-state index contributed by atoms with van der Waals surface area (Å²) in [4.78, 5) is 27.4. The smallest absolute Gasteiger partial charge is 0.234 e. The number of carbonyl (C=O) groups excluding carboxylic acids is 2. The highest BCUT2D eigenvalue weighted by Gasteiger charge is 2.44. The van der Waals surface area contributed by atoms with Crippen LogP contribution in [0.3, 0.4) is 0 Å². The summed E-state index contributed by atoms with van der Waals surface area (Å²) >= 11 is 11.4. The summed E-state index contributed by atoms with van der Waals surface area (Å²) in [5.41, 5.74) is 2.18. The first kappa shape index (κ1) is 21.8. The molecule has 1 saturated carbocycles. The van der Waals surface area contributed by atoms with Crippen LogP contribution < -0.4 is 10.6 Å². The lowest BCUT2D eigenvalue weighted by Gasteiger charge is -2.43. The number of carbonyl (C=O) groups is 2. The number of rotatable bonds is 6. The van der Waals surface area contributed by atoms with Gasteiger partial charge in [-0.1, -0.05) is 54.1 Å². The highest BCUT2D eigenvalue weighted by Crippen LogP contribution is 2.33. The fourth-order valence-corrected chi connectivity index (χ4v) is 4.87. The third kappa shape index (κ3) is 5.25. The summed E-state index contributed by atoms with van der Waals surface area (Å²) in [6.45, 7) is 1.04. The van der Waals surface area contributed by atoms with Crippen LogP contribution in [0.15, 0.2) is 54.6 Å². The summed E-state index contributed by atoms with van der Waals surface area (Å²) in [7, 11) is 0. The Kier molecular flexibility index (Phi) is 6.88. The number of hydrogen-bond donors (Lipinski definition) is 2. The van der Waals surface area contributed by atoms with Crippen molar-refractivity contribution < 1.29 is 9.59 Å². The van der Waals surface area contributed by atoms with Crippen LogP contribution in [0, 0.1) is 11.8 Å². The van der Waals surface area contributed by atoms with Gasteiger partial charge in [0.1, 0.15) is 0 Å². The molecule has 2 fully saturated rings. The molecule has 0 aromatic heterocycles. The number of halogens is 1. The van der Waals surface area contributed by atoms with E-state index in [2.05, 4.69) is 22.8 Å². The van der Waals surface area contributed by atoms with Gasteiger partial charge in [0.05, 0.1) is 12.5 Å². The monoisotopic (exact) mass is 455 g/mol.